The van der Waals surface area contributed by atoms with E-state index in [4.69, 9.17) is 4.74 Å². The van der Waals surface area contributed by atoms with Gasteiger partial charge in [0, 0.05) is 12.6 Å². The number of hydrogen-bond acceptors (Lipinski definition) is 2. The van der Waals surface area contributed by atoms with Crippen molar-refractivity contribution in [1.29, 1.82) is 0 Å². The summed E-state index contributed by atoms with van der Waals surface area (Å²) in [5.74, 6) is 0.905. The normalized spacial score (nSPS) is 12.2. The first-order valence-electron chi connectivity index (χ1n) is 6.62. The highest BCUT2D eigenvalue weighted by Gasteiger charge is 2.06. The van der Waals surface area contributed by atoms with Crippen LogP contribution in [0.4, 0.5) is 0 Å². The van der Waals surface area contributed by atoms with Gasteiger partial charge in [-0.3, -0.25) is 0 Å². The molecule has 0 aliphatic rings. The molecule has 100 valence electrons. The Bertz CT molecular complexity index is 536. The predicted octanol–water partition coefficient (Wildman–Crippen LogP) is 3.85. The average molecular weight is 255 g/mol. The van der Waals surface area contributed by atoms with E-state index < -0.39 is 0 Å². The summed E-state index contributed by atoms with van der Waals surface area (Å²) >= 11 is 0. The van der Waals surface area contributed by atoms with Crippen LogP contribution in [0.1, 0.15) is 29.7 Å². The summed E-state index contributed by atoms with van der Waals surface area (Å²) in [7, 11) is 1.70. The minimum Gasteiger partial charge on any atom is -0.497 e. The van der Waals surface area contributed by atoms with Crippen LogP contribution >= 0.6 is 0 Å². The van der Waals surface area contributed by atoms with Gasteiger partial charge in [-0.15, -0.1) is 0 Å². The van der Waals surface area contributed by atoms with Gasteiger partial charge in [-0.05, 0) is 42.7 Å². The molecular formula is C17H21NO. The Morgan fingerprint density at radius 2 is 1.89 bits per heavy atom. The van der Waals surface area contributed by atoms with Crippen LogP contribution in [-0.4, -0.2) is 7.11 Å². The molecule has 0 spiro atoms. The van der Waals surface area contributed by atoms with Crippen LogP contribution in [0.3, 0.4) is 0 Å². The van der Waals surface area contributed by atoms with Gasteiger partial charge in [0.15, 0.2) is 0 Å². The Balaban J connectivity index is 2.01. The molecule has 0 unspecified atom stereocenters. The average Bonchev–Trinajstić information content (AvgIpc) is 2.46. The second-order valence-electron chi connectivity index (χ2n) is 4.81. The van der Waals surface area contributed by atoms with E-state index in [0.717, 1.165) is 12.3 Å². The molecule has 0 bridgehead atoms. The minimum absolute atomic E-state index is 0.301. The summed E-state index contributed by atoms with van der Waals surface area (Å²) in [5.41, 5.74) is 3.91. The third kappa shape index (κ3) is 3.58. The first-order valence-corrected chi connectivity index (χ1v) is 6.62. The van der Waals surface area contributed by atoms with Gasteiger partial charge in [-0.2, -0.15) is 0 Å². The lowest BCUT2D eigenvalue weighted by atomic mass is 10.1. The maximum Gasteiger partial charge on any atom is 0.119 e. The Hall–Kier alpha value is -1.80. The highest BCUT2D eigenvalue weighted by atomic mass is 16.5. The number of methoxy groups -OCH3 is 1. The van der Waals surface area contributed by atoms with Crippen molar-refractivity contribution in [2.75, 3.05) is 7.11 Å². The van der Waals surface area contributed by atoms with Gasteiger partial charge in [0.05, 0.1) is 7.11 Å². The van der Waals surface area contributed by atoms with E-state index >= 15 is 0 Å². The third-order valence-electron chi connectivity index (χ3n) is 3.45. The van der Waals surface area contributed by atoms with Crippen molar-refractivity contribution in [2.24, 2.45) is 0 Å². The van der Waals surface area contributed by atoms with Crippen molar-refractivity contribution in [2.45, 2.75) is 26.4 Å². The van der Waals surface area contributed by atoms with E-state index in [1.807, 2.05) is 12.1 Å². The molecule has 0 fully saturated rings. The van der Waals surface area contributed by atoms with E-state index in [1.54, 1.807) is 7.11 Å². The van der Waals surface area contributed by atoms with Gasteiger partial charge in [0.1, 0.15) is 5.75 Å². The molecule has 2 aromatic rings. The Labute approximate surface area is 115 Å². The topological polar surface area (TPSA) is 21.3 Å². The zero-order chi connectivity index (χ0) is 13.7. The van der Waals surface area contributed by atoms with Crippen molar-refractivity contribution in [3.05, 3.63) is 65.2 Å². The summed E-state index contributed by atoms with van der Waals surface area (Å²) in [6.07, 6.45) is 0. The molecule has 0 amide bonds. The fraction of sp³-hybridized carbons (Fsp3) is 0.294. The van der Waals surface area contributed by atoms with Gasteiger partial charge in [0.2, 0.25) is 0 Å². The summed E-state index contributed by atoms with van der Waals surface area (Å²) in [5, 5.41) is 3.55. The molecule has 2 aromatic carbocycles. The largest absolute Gasteiger partial charge is 0.497 e. The Kier molecular flexibility index (Phi) is 4.58. The number of rotatable bonds is 5. The van der Waals surface area contributed by atoms with Crippen LogP contribution in [0.5, 0.6) is 5.75 Å². The second kappa shape index (κ2) is 6.39. The zero-order valence-corrected chi connectivity index (χ0v) is 11.8. The van der Waals surface area contributed by atoms with Gasteiger partial charge >= 0.3 is 0 Å². The number of benzene rings is 2. The number of aryl methyl sites for hydroxylation is 1. The van der Waals surface area contributed by atoms with Gasteiger partial charge < -0.3 is 10.1 Å². The van der Waals surface area contributed by atoms with Gasteiger partial charge in [-0.1, -0.05) is 36.4 Å². The molecule has 1 N–H and O–H groups in total. The standard InChI is InChI=1S/C17H21NO/c1-13-7-4-5-8-16(13)12-18-14(2)15-9-6-10-17(11-15)19-3/h4-11,14,18H,12H2,1-3H3/t14-/m0/s1. The summed E-state index contributed by atoms with van der Waals surface area (Å²) in [6, 6.07) is 17.0. The van der Waals surface area contributed by atoms with Crippen LogP contribution in [-0.2, 0) is 6.54 Å². The monoisotopic (exact) mass is 255 g/mol. The molecular weight excluding hydrogens is 234 g/mol. The molecule has 0 saturated carbocycles. The fourth-order valence-electron chi connectivity index (χ4n) is 2.10. The van der Waals surface area contributed by atoms with E-state index in [9.17, 15) is 0 Å². The first-order chi connectivity index (χ1) is 9.20. The van der Waals surface area contributed by atoms with Crippen molar-refractivity contribution in [1.82, 2.24) is 5.32 Å². The van der Waals surface area contributed by atoms with Gasteiger partial charge in [-0.25, -0.2) is 0 Å². The SMILES string of the molecule is COc1cccc([C@H](C)NCc2ccccc2C)c1. The lowest BCUT2D eigenvalue weighted by molar-refractivity contribution is 0.413. The van der Waals surface area contributed by atoms with Crippen molar-refractivity contribution < 1.29 is 4.74 Å². The molecule has 0 aromatic heterocycles. The molecule has 0 aliphatic heterocycles. The van der Waals surface area contributed by atoms with E-state index in [2.05, 4.69) is 55.6 Å². The predicted molar refractivity (Wildman–Crippen MR) is 79.4 cm³/mol. The molecule has 19 heavy (non-hydrogen) atoms. The molecule has 0 aliphatic carbocycles. The van der Waals surface area contributed by atoms with Crippen LogP contribution in [0.15, 0.2) is 48.5 Å². The molecule has 0 saturated heterocycles. The maximum absolute atomic E-state index is 5.26. The third-order valence-corrected chi connectivity index (χ3v) is 3.45. The lowest BCUT2D eigenvalue weighted by Gasteiger charge is -2.16. The van der Waals surface area contributed by atoms with Crippen molar-refractivity contribution in [3.63, 3.8) is 0 Å². The highest BCUT2D eigenvalue weighted by molar-refractivity contribution is 5.30. The van der Waals surface area contributed by atoms with Crippen LogP contribution in [0, 0.1) is 6.92 Å². The fourth-order valence-corrected chi connectivity index (χ4v) is 2.10. The van der Waals surface area contributed by atoms with Crippen molar-refractivity contribution >= 4 is 0 Å². The van der Waals surface area contributed by atoms with Crippen LogP contribution < -0.4 is 10.1 Å². The van der Waals surface area contributed by atoms with Crippen LogP contribution in [0.2, 0.25) is 0 Å². The Morgan fingerprint density at radius 1 is 1.11 bits per heavy atom. The highest BCUT2D eigenvalue weighted by Crippen LogP contribution is 2.19. The first kappa shape index (κ1) is 13.6. The van der Waals surface area contributed by atoms with E-state index in [1.165, 1.54) is 16.7 Å². The molecule has 2 rings (SSSR count). The number of hydrogen-bond donors (Lipinski definition) is 1. The number of ether oxygens (including phenoxy) is 1. The van der Waals surface area contributed by atoms with Crippen LogP contribution in [0.25, 0.3) is 0 Å². The quantitative estimate of drug-likeness (QED) is 0.876. The van der Waals surface area contributed by atoms with Gasteiger partial charge in [0.25, 0.3) is 0 Å². The second-order valence-corrected chi connectivity index (χ2v) is 4.81. The summed E-state index contributed by atoms with van der Waals surface area (Å²) < 4.78 is 5.26. The smallest absolute Gasteiger partial charge is 0.119 e. The van der Waals surface area contributed by atoms with E-state index in [0.29, 0.717) is 6.04 Å². The zero-order valence-electron chi connectivity index (χ0n) is 11.8. The molecule has 0 radical (unpaired) electrons. The Morgan fingerprint density at radius 3 is 2.63 bits per heavy atom. The lowest BCUT2D eigenvalue weighted by Crippen LogP contribution is -2.18. The number of nitrogens with one attached hydrogen (secondary N) is 1. The molecule has 1 atom stereocenters. The summed E-state index contributed by atoms with van der Waals surface area (Å²) in [4.78, 5) is 0. The summed E-state index contributed by atoms with van der Waals surface area (Å²) in [6.45, 7) is 5.20. The van der Waals surface area contributed by atoms with Crippen molar-refractivity contribution in [3.8, 4) is 5.75 Å². The minimum atomic E-state index is 0.301. The molecule has 2 heteroatoms. The molecule has 0 heterocycles. The maximum atomic E-state index is 5.26. The van der Waals surface area contributed by atoms with E-state index in [-0.39, 0.29) is 0 Å². The molecule has 2 nitrogen and oxygen atoms in total.